The van der Waals surface area contributed by atoms with Crippen LogP contribution in [0.2, 0.25) is 0 Å². The van der Waals surface area contributed by atoms with E-state index in [0.29, 0.717) is 16.2 Å². The van der Waals surface area contributed by atoms with Gasteiger partial charge in [-0.05, 0) is 52.9 Å². The highest BCUT2D eigenvalue weighted by atomic mass is 32.2. The van der Waals surface area contributed by atoms with Crippen molar-refractivity contribution in [1.29, 1.82) is 0 Å². The molecule has 216 valence electrons. The van der Waals surface area contributed by atoms with Gasteiger partial charge in [0.2, 0.25) is 0 Å². The molecule has 0 spiro atoms. The normalized spacial score (nSPS) is 11.0. The van der Waals surface area contributed by atoms with Crippen molar-refractivity contribution >= 4 is 39.1 Å². The summed E-state index contributed by atoms with van der Waals surface area (Å²) >= 11 is 1.19. The van der Waals surface area contributed by atoms with Crippen LogP contribution < -0.4 is 19.9 Å². The molecule has 0 aliphatic carbocycles. The molecule has 0 saturated heterocycles. The number of ether oxygens (including phenoxy) is 3. The SMILES string of the molecule is O=C(C=Cc1ccc(OCc2ccc(C(=O)NO)s2)cc1)OCC#CCOc1no[n+]([O-])c1S(=O)(=O)c1ccccc1. The van der Waals surface area contributed by atoms with E-state index in [1.54, 1.807) is 54.0 Å². The molecule has 0 radical (unpaired) electrons. The first-order chi connectivity index (χ1) is 20.3. The lowest BCUT2D eigenvalue weighted by Gasteiger charge is -2.04. The quantitative estimate of drug-likeness (QED) is 0.0635. The Morgan fingerprint density at radius 1 is 1.05 bits per heavy atom. The Hall–Kier alpha value is -5.17. The number of rotatable bonds is 11. The van der Waals surface area contributed by atoms with Gasteiger partial charge in [-0.15, -0.1) is 11.3 Å². The molecule has 0 fully saturated rings. The van der Waals surface area contributed by atoms with Crippen molar-refractivity contribution in [3.05, 3.63) is 93.3 Å². The van der Waals surface area contributed by atoms with Gasteiger partial charge in [-0.1, -0.05) is 42.2 Å². The van der Waals surface area contributed by atoms with E-state index in [9.17, 15) is 23.2 Å². The standard InChI is InChI=1S/C27H21N3O10S2/c31-24(15-10-19-8-11-20(12-9-19)39-18-21-13-14-23(41-21)25(32)28-33)37-16-4-5-17-38-26-27(30(34)40-29-26)42(35,36)22-6-2-1-3-7-22/h1-3,6-15,33H,16-18H2,(H,28,32). The first kappa shape index (κ1) is 29.8. The lowest BCUT2D eigenvalue weighted by atomic mass is 10.2. The maximum absolute atomic E-state index is 12.7. The molecule has 1 amide bonds. The van der Waals surface area contributed by atoms with Crippen molar-refractivity contribution in [2.75, 3.05) is 13.2 Å². The summed E-state index contributed by atoms with van der Waals surface area (Å²) in [7, 11) is -4.25. The van der Waals surface area contributed by atoms with Gasteiger partial charge in [-0.2, -0.15) is 0 Å². The Labute approximate surface area is 243 Å². The Kier molecular flexibility index (Phi) is 9.90. The molecule has 2 N–H and O–H groups in total. The number of hydroxylamine groups is 1. The predicted molar refractivity (Wildman–Crippen MR) is 145 cm³/mol. The minimum atomic E-state index is -4.25. The van der Waals surface area contributed by atoms with Crippen LogP contribution >= 0.6 is 11.3 Å². The van der Waals surface area contributed by atoms with Crippen LogP contribution in [0.3, 0.4) is 0 Å². The first-order valence-electron chi connectivity index (χ1n) is 11.9. The molecule has 0 unspecified atom stereocenters. The fraction of sp³-hybridized carbons (Fsp3) is 0.111. The number of benzene rings is 2. The van der Waals surface area contributed by atoms with Crippen molar-refractivity contribution in [3.8, 4) is 23.5 Å². The minimum Gasteiger partial charge on any atom is -0.488 e. The van der Waals surface area contributed by atoms with Crippen molar-refractivity contribution in [2.24, 2.45) is 0 Å². The van der Waals surface area contributed by atoms with E-state index in [0.717, 1.165) is 4.88 Å². The number of nitrogens with one attached hydrogen (secondary N) is 1. The average molecular weight is 612 g/mol. The molecule has 15 heteroatoms. The summed E-state index contributed by atoms with van der Waals surface area (Å²) < 4.78 is 45.7. The predicted octanol–water partition coefficient (Wildman–Crippen LogP) is 2.54. The van der Waals surface area contributed by atoms with Crippen LogP contribution in [0, 0.1) is 17.0 Å². The highest BCUT2D eigenvalue weighted by molar-refractivity contribution is 7.91. The number of nitrogens with zero attached hydrogens (tertiary/aromatic N) is 2. The zero-order valence-electron chi connectivity index (χ0n) is 21.5. The van der Waals surface area contributed by atoms with Crippen LogP contribution in [-0.4, -0.2) is 43.9 Å². The second-order valence-corrected chi connectivity index (χ2v) is 11.0. The molecule has 2 aromatic carbocycles. The van der Waals surface area contributed by atoms with Crippen molar-refractivity contribution in [1.82, 2.24) is 10.6 Å². The van der Waals surface area contributed by atoms with Gasteiger partial charge < -0.3 is 19.4 Å². The van der Waals surface area contributed by atoms with E-state index in [4.69, 9.17) is 19.4 Å². The zero-order valence-corrected chi connectivity index (χ0v) is 23.1. The van der Waals surface area contributed by atoms with Crippen LogP contribution in [0.15, 0.2) is 87.4 Å². The summed E-state index contributed by atoms with van der Waals surface area (Å²) in [6.07, 6.45) is 2.76. The van der Waals surface area contributed by atoms with Crippen molar-refractivity contribution in [3.63, 3.8) is 0 Å². The van der Waals surface area contributed by atoms with Crippen LogP contribution in [-0.2, 0) is 26.0 Å². The molecule has 2 aromatic heterocycles. The molecule has 0 saturated carbocycles. The van der Waals surface area contributed by atoms with Crippen LogP contribution in [0.1, 0.15) is 20.1 Å². The monoisotopic (exact) mass is 611 g/mol. The van der Waals surface area contributed by atoms with E-state index in [1.807, 2.05) is 0 Å². The van der Waals surface area contributed by atoms with Gasteiger partial charge in [-0.25, -0.2) is 18.7 Å². The van der Waals surface area contributed by atoms with Crippen molar-refractivity contribution < 1.29 is 47.0 Å². The fourth-order valence-corrected chi connectivity index (χ4v) is 5.33. The van der Waals surface area contributed by atoms with E-state index >= 15 is 0 Å². The number of hydrogen-bond donors (Lipinski definition) is 2. The number of carbonyl (C=O) groups excluding carboxylic acids is 2. The lowest BCUT2D eigenvalue weighted by Crippen LogP contribution is -2.30. The van der Waals surface area contributed by atoms with Gasteiger partial charge in [0, 0.05) is 11.0 Å². The lowest BCUT2D eigenvalue weighted by molar-refractivity contribution is -0.832. The summed E-state index contributed by atoms with van der Waals surface area (Å²) in [5.74, 6) is 3.85. The van der Waals surface area contributed by atoms with E-state index in [-0.39, 0.29) is 29.6 Å². The van der Waals surface area contributed by atoms with Crippen LogP contribution in [0.4, 0.5) is 0 Å². The van der Waals surface area contributed by atoms with Crippen LogP contribution in [0.5, 0.6) is 11.6 Å². The van der Waals surface area contributed by atoms with E-state index < -0.39 is 32.6 Å². The molecule has 0 bridgehead atoms. The average Bonchev–Trinajstić information content (AvgIpc) is 3.64. The number of amides is 1. The first-order valence-corrected chi connectivity index (χ1v) is 14.2. The van der Waals surface area contributed by atoms with E-state index in [2.05, 4.69) is 21.6 Å². The highest BCUT2D eigenvalue weighted by Crippen LogP contribution is 2.25. The van der Waals surface area contributed by atoms with Crippen molar-refractivity contribution in [2.45, 2.75) is 16.5 Å². The zero-order chi connectivity index (χ0) is 30.0. The summed E-state index contributed by atoms with van der Waals surface area (Å²) in [4.78, 5) is 24.1. The van der Waals surface area contributed by atoms with Gasteiger partial charge >= 0.3 is 16.9 Å². The summed E-state index contributed by atoms with van der Waals surface area (Å²) in [5, 5.41) is 23.1. The highest BCUT2D eigenvalue weighted by Gasteiger charge is 2.35. The van der Waals surface area contributed by atoms with Gasteiger partial charge in [0.1, 0.15) is 12.4 Å². The third-order valence-corrected chi connectivity index (χ3v) is 7.99. The molecule has 42 heavy (non-hydrogen) atoms. The molecular formula is C27H21N3O10S2. The molecule has 4 aromatic rings. The Morgan fingerprint density at radius 2 is 1.79 bits per heavy atom. The number of aromatic nitrogens is 2. The Morgan fingerprint density at radius 3 is 2.52 bits per heavy atom. The number of hydrogen-bond acceptors (Lipinski definition) is 12. The summed E-state index contributed by atoms with van der Waals surface area (Å²) in [6.45, 7) is -0.376. The second kappa shape index (κ2) is 13.9. The smallest absolute Gasteiger partial charge is 0.415 e. The molecule has 0 aliphatic heterocycles. The van der Waals surface area contributed by atoms with E-state index in [1.165, 1.54) is 41.7 Å². The van der Waals surface area contributed by atoms with Crippen LogP contribution in [0.25, 0.3) is 6.08 Å². The van der Waals surface area contributed by atoms with Gasteiger partial charge in [-0.3, -0.25) is 14.6 Å². The third kappa shape index (κ3) is 7.73. The Balaban J connectivity index is 1.20. The summed E-state index contributed by atoms with van der Waals surface area (Å²) in [6, 6.07) is 17.4. The third-order valence-electron chi connectivity index (χ3n) is 5.21. The largest absolute Gasteiger partial charge is 0.488 e. The molecular weight excluding hydrogens is 590 g/mol. The number of thiophene rings is 1. The maximum Gasteiger partial charge on any atom is 0.415 e. The maximum atomic E-state index is 12.7. The number of carbonyl (C=O) groups is 2. The minimum absolute atomic E-state index is 0.140. The molecule has 0 aliphatic rings. The van der Waals surface area contributed by atoms with Gasteiger partial charge in [0.05, 0.1) is 14.9 Å². The summed E-state index contributed by atoms with van der Waals surface area (Å²) in [5.41, 5.74) is 2.29. The van der Waals surface area contributed by atoms with Gasteiger partial charge in [0.25, 0.3) is 15.7 Å². The van der Waals surface area contributed by atoms with Gasteiger partial charge in [0.15, 0.2) is 13.2 Å². The molecule has 2 heterocycles. The fourth-order valence-electron chi connectivity index (χ4n) is 3.23. The topological polar surface area (TPSA) is 181 Å². The number of sulfone groups is 1. The molecule has 0 atom stereocenters. The number of esters is 1. The second-order valence-electron chi connectivity index (χ2n) is 8.00. The Bertz CT molecular complexity index is 1740. The molecule has 4 rings (SSSR count). The molecule has 13 nitrogen and oxygen atoms in total.